The zero-order valence-electron chi connectivity index (χ0n) is 10.1. The molecule has 2 N–H and O–H groups in total. The minimum atomic E-state index is -0.0244. The van der Waals surface area contributed by atoms with Crippen LogP contribution in [0.5, 0.6) is 0 Å². The summed E-state index contributed by atoms with van der Waals surface area (Å²) in [6, 6.07) is 7.79. The third kappa shape index (κ3) is 3.14. The van der Waals surface area contributed by atoms with Gasteiger partial charge in [-0.25, -0.2) is 9.67 Å². The molecule has 2 aromatic rings. The maximum atomic E-state index is 11.3. The van der Waals surface area contributed by atoms with Crippen LogP contribution in [-0.4, -0.2) is 34.3 Å². The molecule has 0 aliphatic rings. The fourth-order valence-electron chi connectivity index (χ4n) is 1.57. The van der Waals surface area contributed by atoms with Gasteiger partial charge in [-0.2, -0.15) is 5.10 Å². The van der Waals surface area contributed by atoms with Crippen molar-refractivity contribution in [3.63, 3.8) is 0 Å². The van der Waals surface area contributed by atoms with Crippen molar-refractivity contribution < 1.29 is 4.79 Å². The van der Waals surface area contributed by atoms with Crippen molar-refractivity contribution in [3.05, 3.63) is 42.5 Å². The van der Waals surface area contributed by atoms with E-state index in [0.29, 0.717) is 13.1 Å². The molecule has 1 aromatic heterocycles. The van der Waals surface area contributed by atoms with Crippen molar-refractivity contribution in [2.24, 2.45) is 0 Å². The summed E-state index contributed by atoms with van der Waals surface area (Å²) in [4.78, 5) is 15.2. The second-order valence-electron chi connectivity index (χ2n) is 3.82. The van der Waals surface area contributed by atoms with Crippen LogP contribution in [0.4, 0.5) is 0 Å². The largest absolute Gasteiger partial charge is 0.351 e. The molecule has 0 atom stereocenters. The fourth-order valence-corrected chi connectivity index (χ4v) is 1.57. The number of likely N-dealkylation sites (N-methyl/N-ethyl adjacent to an activating group) is 1. The van der Waals surface area contributed by atoms with Crippen molar-refractivity contribution in [1.82, 2.24) is 25.4 Å². The lowest BCUT2D eigenvalue weighted by Gasteiger charge is -2.07. The summed E-state index contributed by atoms with van der Waals surface area (Å²) in [7, 11) is 1.74. The molecule has 6 heteroatoms. The Morgan fingerprint density at radius 2 is 2.33 bits per heavy atom. The number of benzene rings is 1. The number of hydrogen-bond donors (Lipinski definition) is 2. The summed E-state index contributed by atoms with van der Waals surface area (Å²) in [5.41, 5.74) is 1.94. The Morgan fingerprint density at radius 3 is 3.06 bits per heavy atom. The monoisotopic (exact) mass is 245 g/mol. The zero-order chi connectivity index (χ0) is 12.8. The molecule has 0 aliphatic carbocycles. The third-order valence-electron chi connectivity index (χ3n) is 2.42. The van der Waals surface area contributed by atoms with E-state index in [2.05, 4.69) is 20.7 Å². The molecule has 0 saturated heterocycles. The molecule has 0 unspecified atom stereocenters. The van der Waals surface area contributed by atoms with Gasteiger partial charge < -0.3 is 10.6 Å². The molecule has 0 saturated carbocycles. The highest BCUT2D eigenvalue weighted by Crippen LogP contribution is 2.08. The summed E-state index contributed by atoms with van der Waals surface area (Å²) in [6.45, 7) is 0.825. The number of nitrogens with zero attached hydrogens (tertiary/aromatic N) is 3. The van der Waals surface area contributed by atoms with Crippen molar-refractivity contribution in [2.75, 3.05) is 13.6 Å². The lowest BCUT2D eigenvalue weighted by atomic mass is 10.2. The molecular weight excluding hydrogens is 230 g/mol. The molecule has 0 fully saturated rings. The van der Waals surface area contributed by atoms with Gasteiger partial charge in [0.25, 0.3) is 0 Å². The molecule has 2 rings (SSSR count). The lowest BCUT2D eigenvalue weighted by Crippen LogP contribution is -2.31. The van der Waals surface area contributed by atoms with E-state index >= 15 is 0 Å². The number of aromatic nitrogens is 3. The van der Waals surface area contributed by atoms with Gasteiger partial charge in [0.1, 0.15) is 12.7 Å². The first kappa shape index (κ1) is 12.3. The van der Waals surface area contributed by atoms with Crippen LogP contribution >= 0.6 is 0 Å². The summed E-state index contributed by atoms with van der Waals surface area (Å²) in [5, 5.41) is 9.69. The first-order chi connectivity index (χ1) is 8.79. The van der Waals surface area contributed by atoms with E-state index < -0.39 is 0 Å². The molecular formula is C12H15N5O. The number of amides is 1. The van der Waals surface area contributed by atoms with E-state index in [1.54, 1.807) is 18.1 Å². The van der Waals surface area contributed by atoms with Crippen molar-refractivity contribution in [2.45, 2.75) is 6.54 Å². The minimum Gasteiger partial charge on any atom is -0.351 e. The zero-order valence-corrected chi connectivity index (χ0v) is 10.1. The average molecular weight is 245 g/mol. The fraction of sp³-hybridized carbons (Fsp3) is 0.250. The normalized spacial score (nSPS) is 10.3. The second-order valence-corrected chi connectivity index (χ2v) is 3.82. The van der Waals surface area contributed by atoms with Crippen molar-refractivity contribution in [3.8, 4) is 5.69 Å². The van der Waals surface area contributed by atoms with E-state index in [1.807, 2.05) is 24.3 Å². The van der Waals surface area contributed by atoms with Gasteiger partial charge in [0, 0.05) is 6.54 Å². The van der Waals surface area contributed by atoms with Gasteiger partial charge in [-0.15, -0.1) is 0 Å². The molecule has 0 spiro atoms. The van der Waals surface area contributed by atoms with E-state index in [9.17, 15) is 4.79 Å². The number of rotatable bonds is 5. The summed E-state index contributed by atoms with van der Waals surface area (Å²) in [5.74, 6) is -0.0244. The smallest absolute Gasteiger partial charge is 0.234 e. The Bertz CT molecular complexity index is 509. The Hall–Kier alpha value is -2.21. The van der Waals surface area contributed by atoms with E-state index in [4.69, 9.17) is 0 Å². The van der Waals surface area contributed by atoms with E-state index in [0.717, 1.165) is 11.3 Å². The number of nitrogens with one attached hydrogen (secondary N) is 2. The van der Waals surface area contributed by atoms with Crippen LogP contribution in [0.2, 0.25) is 0 Å². The molecule has 0 bridgehead atoms. The summed E-state index contributed by atoms with van der Waals surface area (Å²) < 4.78 is 1.68. The average Bonchev–Trinajstić information content (AvgIpc) is 2.91. The standard InChI is InChI=1S/C12H15N5O/c1-13-7-12(18)15-6-10-3-2-4-11(5-10)17-9-14-8-16-17/h2-5,8-9,13H,6-7H2,1H3,(H,15,18). The van der Waals surface area contributed by atoms with Gasteiger partial charge in [0.05, 0.1) is 12.2 Å². The molecule has 0 aliphatic heterocycles. The maximum Gasteiger partial charge on any atom is 0.234 e. The van der Waals surface area contributed by atoms with Crippen LogP contribution in [0.15, 0.2) is 36.9 Å². The Kier molecular flexibility index (Phi) is 4.03. The quantitative estimate of drug-likeness (QED) is 0.784. The SMILES string of the molecule is CNCC(=O)NCc1cccc(-n2cncn2)c1. The first-order valence-electron chi connectivity index (χ1n) is 5.65. The topological polar surface area (TPSA) is 71.8 Å². The second kappa shape index (κ2) is 5.92. The minimum absolute atomic E-state index is 0.0244. The van der Waals surface area contributed by atoms with Gasteiger partial charge in [0.2, 0.25) is 5.91 Å². The van der Waals surface area contributed by atoms with Crippen LogP contribution in [0, 0.1) is 0 Å². The van der Waals surface area contributed by atoms with Crippen LogP contribution in [0.1, 0.15) is 5.56 Å². The van der Waals surface area contributed by atoms with E-state index in [1.165, 1.54) is 6.33 Å². The Balaban J connectivity index is 2.02. The molecule has 18 heavy (non-hydrogen) atoms. The predicted molar refractivity (Wildman–Crippen MR) is 67.1 cm³/mol. The number of hydrogen-bond acceptors (Lipinski definition) is 4. The van der Waals surface area contributed by atoms with Crippen LogP contribution in [0.3, 0.4) is 0 Å². The molecule has 0 radical (unpaired) electrons. The lowest BCUT2D eigenvalue weighted by molar-refractivity contribution is -0.120. The van der Waals surface area contributed by atoms with Gasteiger partial charge in [-0.3, -0.25) is 4.79 Å². The van der Waals surface area contributed by atoms with E-state index in [-0.39, 0.29) is 5.91 Å². The van der Waals surface area contributed by atoms with Gasteiger partial charge in [-0.05, 0) is 24.7 Å². The molecule has 94 valence electrons. The van der Waals surface area contributed by atoms with Gasteiger partial charge in [-0.1, -0.05) is 12.1 Å². The molecule has 6 nitrogen and oxygen atoms in total. The van der Waals surface area contributed by atoms with Crippen molar-refractivity contribution in [1.29, 1.82) is 0 Å². The molecule has 1 heterocycles. The highest BCUT2D eigenvalue weighted by molar-refractivity contribution is 5.77. The molecule has 1 aromatic carbocycles. The van der Waals surface area contributed by atoms with Crippen LogP contribution in [-0.2, 0) is 11.3 Å². The van der Waals surface area contributed by atoms with Crippen LogP contribution < -0.4 is 10.6 Å². The van der Waals surface area contributed by atoms with Gasteiger partial charge in [0.15, 0.2) is 0 Å². The predicted octanol–water partition coefficient (Wildman–Crippen LogP) is 0.103. The Labute approximate surface area is 105 Å². The van der Waals surface area contributed by atoms with Crippen LogP contribution in [0.25, 0.3) is 5.69 Å². The number of carbonyl (C=O) groups is 1. The number of carbonyl (C=O) groups excluding carboxylic acids is 1. The van der Waals surface area contributed by atoms with Gasteiger partial charge >= 0.3 is 0 Å². The summed E-state index contributed by atoms with van der Waals surface area (Å²) in [6.07, 6.45) is 3.13. The Morgan fingerprint density at radius 1 is 1.44 bits per heavy atom. The molecule has 1 amide bonds. The first-order valence-corrected chi connectivity index (χ1v) is 5.65. The highest BCUT2D eigenvalue weighted by atomic mass is 16.1. The highest BCUT2D eigenvalue weighted by Gasteiger charge is 2.01. The third-order valence-corrected chi connectivity index (χ3v) is 2.42. The van der Waals surface area contributed by atoms with Crippen molar-refractivity contribution >= 4 is 5.91 Å². The maximum absolute atomic E-state index is 11.3. The summed E-state index contributed by atoms with van der Waals surface area (Å²) >= 11 is 0.